The van der Waals surface area contributed by atoms with Gasteiger partial charge in [0, 0.05) is 31.5 Å². The fraction of sp³-hybridized carbons (Fsp3) is 0.750. The van der Waals surface area contributed by atoms with E-state index in [1.54, 1.807) is 18.4 Å². The summed E-state index contributed by atoms with van der Waals surface area (Å²) in [5.41, 5.74) is 1.05. The Labute approximate surface area is 165 Å². The highest BCUT2D eigenvalue weighted by Crippen LogP contribution is 2.45. The second kappa shape index (κ2) is 9.88. The molecule has 1 atom stereocenters. The van der Waals surface area contributed by atoms with Crippen LogP contribution in [0.2, 0.25) is 0 Å². The number of aliphatic hydroxyl groups is 1. The molecule has 0 aromatic carbocycles. The van der Waals surface area contributed by atoms with Crippen LogP contribution in [0, 0.1) is 5.41 Å². The van der Waals surface area contributed by atoms with Gasteiger partial charge in [-0.2, -0.15) is 0 Å². The van der Waals surface area contributed by atoms with Crippen molar-refractivity contribution in [3.05, 3.63) is 16.1 Å². The minimum atomic E-state index is 0. The van der Waals surface area contributed by atoms with E-state index in [4.69, 9.17) is 9.73 Å². The summed E-state index contributed by atoms with van der Waals surface area (Å²) >= 11 is 1.62. The SMILES string of the molecule is CCNC(=NCC1(CO)CC1)N(C)Cc1csc(C(C)OC)n1.I. The first-order chi connectivity index (χ1) is 11.0. The number of nitrogens with one attached hydrogen (secondary N) is 1. The second-order valence-electron chi connectivity index (χ2n) is 6.24. The molecule has 0 spiro atoms. The van der Waals surface area contributed by atoms with Crippen LogP contribution in [-0.2, 0) is 11.3 Å². The first kappa shape index (κ1) is 21.6. The number of hydrogen-bond acceptors (Lipinski definition) is 5. The zero-order chi connectivity index (χ0) is 16.9. The maximum absolute atomic E-state index is 9.43. The molecule has 1 aliphatic carbocycles. The fourth-order valence-electron chi connectivity index (χ4n) is 2.26. The van der Waals surface area contributed by atoms with Gasteiger partial charge >= 0.3 is 0 Å². The highest BCUT2D eigenvalue weighted by atomic mass is 127. The average Bonchev–Trinajstić information content (AvgIpc) is 3.20. The number of rotatable bonds is 8. The lowest BCUT2D eigenvalue weighted by Crippen LogP contribution is -2.39. The standard InChI is InChI=1S/C16H28N4O2S.HI/c1-5-17-15(18-10-16(11-21)6-7-16)20(3)8-13-9-23-14(19-13)12(2)22-4;/h9,12,21H,5-8,10-11H2,1-4H3,(H,17,18);1H. The van der Waals surface area contributed by atoms with Gasteiger partial charge in [0.25, 0.3) is 0 Å². The number of halogens is 1. The number of aliphatic hydroxyl groups excluding tert-OH is 1. The van der Waals surface area contributed by atoms with E-state index >= 15 is 0 Å². The number of aliphatic imine (C=N–C) groups is 1. The first-order valence-corrected chi connectivity index (χ1v) is 8.99. The van der Waals surface area contributed by atoms with Gasteiger partial charge in [0.2, 0.25) is 0 Å². The average molecular weight is 468 g/mol. The summed E-state index contributed by atoms with van der Waals surface area (Å²) in [7, 11) is 3.71. The molecule has 24 heavy (non-hydrogen) atoms. The topological polar surface area (TPSA) is 70.0 Å². The fourth-order valence-corrected chi connectivity index (χ4v) is 3.10. The Hall–Kier alpha value is -0.450. The van der Waals surface area contributed by atoms with Crippen molar-refractivity contribution >= 4 is 41.3 Å². The molecule has 138 valence electrons. The monoisotopic (exact) mass is 468 g/mol. The van der Waals surface area contributed by atoms with E-state index in [0.717, 1.165) is 36.0 Å². The Balaban J connectivity index is 0.00000288. The minimum absolute atomic E-state index is 0. The van der Waals surface area contributed by atoms with Crippen molar-refractivity contribution in [2.45, 2.75) is 39.3 Å². The van der Waals surface area contributed by atoms with E-state index in [0.29, 0.717) is 13.1 Å². The van der Waals surface area contributed by atoms with Crippen molar-refractivity contribution in [2.24, 2.45) is 10.4 Å². The third-order valence-corrected chi connectivity index (χ3v) is 5.28. The zero-order valence-electron chi connectivity index (χ0n) is 14.9. The summed E-state index contributed by atoms with van der Waals surface area (Å²) in [4.78, 5) is 11.4. The summed E-state index contributed by atoms with van der Waals surface area (Å²) < 4.78 is 5.31. The molecule has 8 heteroatoms. The van der Waals surface area contributed by atoms with Crippen molar-refractivity contribution in [2.75, 3.05) is 33.9 Å². The van der Waals surface area contributed by atoms with Gasteiger partial charge in [-0.3, -0.25) is 4.99 Å². The molecule has 0 amide bonds. The molecule has 1 aromatic heterocycles. The Kier molecular flexibility index (Phi) is 8.89. The van der Waals surface area contributed by atoms with Crippen molar-refractivity contribution in [1.82, 2.24) is 15.2 Å². The molecule has 2 rings (SSSR count). The van der Waals surface area contributed by atoms with Crippen LogP contribution in [0.15, 0.2) is 10.4 Å². The number of aromatic nitrogens is 1. The molecule has 0 aliphatic heterocycles. The Morgan fingerprint density at radius 2 is 2.29 bits per heavy atom. The molecular weight excluding hydrogens is 439 g/mol. The predicted octanol–water partition coefficient (Wildman–Crippen LogP) is 2.64. The van der Waals surface area contributed by atoms with Gasteiger partial charge in [0.05, 0.1) is 25.4 Å². The van der Waals surface area contributed by atoms with Gasteiger partial charge in [0.15, 0.2) is 5.96 Å². The molecule has 1 heterocycles. The van der Waals surface area contributed by atoms with E-state index in [1.165, 1.54) is 0 Å². The summed E-state index contributed by atoms with van der Waals surface area (Å²) in [5.74, 6) is 0.863. The van der Waals surface area contributed by atoms with Crippen molar-refractivity contribution in [3.8, 4) is 0 Å². The molecule has 2 N–H and O–H groups in total. The number of hydrogen-bond donors (Lipinski definition) is 2. The predicted molar refractivity (Wildman–Crippen MR) is 109 cm³/mol. The lowest BCUT2D eigenvalue weighted by atomic mass is 10.1. The molecule has 1 saturated carbocycles. The van der Waals surface area contributed by atoms with Gasteiger partial charge in [0.1, 0.15) is 11.1 Å². The number of thiazole rings is 1. The van der Waals surface area contributed by atoms with Gasteiger partial charge in [-0.15, -0.1) is 35.3 Å². The van der Waals surface area contributed by atoms with Crippen LogP contribution < -0.4 is 5.32 Å². The molecule has 1 aliphatic rings. The van der Waals surface area contributed by atoms with E-state index in [1.807, 2.05) is 14.0 Å². The van der Waals surface area contributed by atoms with Crippen molar-refractivity contribution < 1.29 is 9.84 Å². The number of guanidine groups is 1. The second-order valence-corrected chi connectivity index (χ2v) is 7.13. The van der Waals surface area contributed by atoms with Gasteiger partial charge in [-0.25, -0.2) is 4.98 Å². The molecule has 1 aromatic rings. The molecule has 1 unspecified atom stereocenters. The Morgan fingerprint density at radius 3 is 2.83 bits per heavy atom. The summed E-state index contributed by atoms with van der Waals surface area (Å²) in [5, 5.41) is 15.8. The van der Waals surface area contributed by atoms with Crippen LogP contribution in [-0.4, -0.2) is 54.8 Å². The third kappa shape index (κ3) is 5.82. The Bertz CT molecular complexity index is 534. The van der Waals surface area contributed by atoms with E-state index in [9.17, 15) is 5.11 Å². The molecule has 0 radical (unpaired) electrons. The molecule has 1 fully saturated rings. The number of methoxy groups -OCH3 is 1. The largest absolute Gasteiger partial charge is 0.396 e. The smallest absolute Gasteiger partial charge is 0.194 e. The summed E-state index contributed by atoms with van der Waals surface area (Å²) in [6.07, 6.45) is 2.17. The summed E-state index contributed by atoms with van der Waals surface area (Å²) in [6.45, 7) is 6.48. The highest BCUT2D eigenvalue weighted by Gasteiger charge is 2.41. The van der Waals surface area contributed by atoms with E-state index in [2.05, 4.69) is 27.5 Å². The summed E-state index contributed by atoms with van der Waals surface area (Å²) in [6, 6.07) is 0. The van der Waals surface area contributed by atoms with Crippen LogP contribution in [0.4, 0.5) is 0 Å². The van der Waals surface area contributed by atoms with E-state index < -0.39 is 0 Å². The van der Waals surface area contributed by atoms with Crippen LogP contribution in [0.25, 0.3) is 0 Å². The molecule has 6 nitrogen and oxygen atoms in total. The van der Waals surface area contributed by atoms with Crippen LogP contribution in [0.1, 0.15) is 43.5 Å². The first-order valence-electron chi connectivity index (χ1n) is 8.11. The van der Waals surface area contributed by atoms with Gasteiger partial charge in [-0.05, 0) is 26.7 Å². The lowest BCUT2D eigenvalue weighted by Gasteiger charge is -2.22. The van der Waals surface area contributed by atoms with Gasteiger partial charge in [-0.1, -0.05) is 0 Å². The van der Waals surface area contributed by atoms with Crippen molar-refractivity contribution in [3.63, 3.8) is 0 Å². The van der Waals surface area contributed by atoms with Crippen molar-refractivity contribution in [1.29, 1.82) is 0 Å². The Morgan fingerprint density at radius 1 is 1.58 bits per heavy atom. The third-order valence-electron chi connectivity index (χ3n) is 4.22. The normalized spacial score (nSPS) is 17.1. The quantitative estimate of drug-likeness (QED) is 0.349. The van der Waals surface area contributed by atoms with Gasteiger partial charge < -0.3 is 20.1 Å². The highest BCUT2D eigenvalue weighted by molar-refractivity contribution is 14.0. The van der Waals surface area contributed by atoms with E-state index in [-0.39, 0.29) is 42.1 Å². The minimum Gasteiger partial charge on any atom is -0.396 e. The zero-order valence-corrected chi connectivity index (χ0v) is 18.1. The number of ether oxygens (including phenoxy) is 1. The molecule has 0 saturated heterocycles. The lowest BCUT2D eigenvalue weighted by molar-refractivity contribution is 0.119. The molecular formula is C16H29IN4O2S. The van der Waals surface area contributed by atoms with Crippen LogP contribution in [0.5, 0.6) is 0 Å². The van der Waals surface area contributed by atoms with Crippen LogP contribution >= 0.6 is 35.3 Å². The number of nitrogens with zero attached hydrogens (tertiary/aromatic N) is 3. The molecule has 0 bridgehead atoms. The maximum Gasteiger partial charge on any atom is 0.194 e. The van der Waals surface area contributed by atoms with Crippen LogP contribution in [0.3, 0.4) is 0 Å². The maximum atomic E-state index is 9.43.